The molecule has 110 valence electrons. The topological polar surface area (TPSA) is 51.1 Å². The van der Waals surface area contributed by atoms with Crippen LogP contribution in [-0.4, -0.2) is 28.1 Å². The third kappa shape index (κ3) is 2.55. The summed E-state index contributed by atoms with van der Waals surface area (Å²) in [7, 11) is 0. The second-order valence-corrected chi connectivity index (χ2v) is 5.95. The molecule has 5 nitrogen and oxygen atoms in total. The Hall–Kier alpha value is -2.17. The van der Waals surface area contributed by atoms with Gasteiger partial charge in [-0.05, 0) is 18.6 Å². The number of ether oxygens (including phenoxy) is 1. The van der Waals surface area contributed by atoms with Crippen LogP contribution in [0.1, 0.15) is 32.4 Å². The molecule has 1 atom stereocenters. The van der Waals surface area contributed by atoms with Crippen LogP contribution in [0.15, 0.2) is 36.9 Å². The molecule has 0 spiro atoms. The standard InChI is InChI=1S/C16H20N4O/c1-4-21-14-8-13(18-11-19-14)20-10-16(2,3)15(20)12-6-5-7-17-9-12/h5-9,11,15H,4,10H2,1-3H3. The zero-order valence-corrected chi connectivity index (χ0v) is 12.7. The van der Waals surface area contributed by atoms with Crippen molar-refractivity contribution in [1.29, 1.82) is 0 Å². The molecule has 1 aliphatic heterocycles. The van der Waals surface area contributed by atoms with E-state index in [1.54, 1.807) is 12.5 Å². The highest BCUT2D eigenvalue weighted by Gasteiger charge is 2.47. The van der Waals surface area contributed by atoms with Crippen molar-refractivity contribution in [2.24, 2.45) is 5.41 Å². The largest absolute Gasteiger partial charge is 0.478 e. The fourth-order valence-electron chi connectivity index (χ4n) is 3.02. The van der Waals surface area contributed by atoms with Gasteiger partial charge in [0.1, 0.15) is 12.1 Å². The third-order valence-electron chi connectivity index (χ3n) is 3.84. The summed E-state index contributed by atoms with van der Waals surface area (Å²) in [6, 6.07) is 6.28. The van der Waals surface area contributed by atoms with E-state index in [2.05, 4.69) is 39.8 Å². The Morgan fingerprint density at radius 1 is 1.38 bits per heavy atom. The first-order valence-corrected chi connectivity index (χ1v) is 7.23. The van der Waals surface area contributed by atoms with E-state index in [1.807, 2.05) is 25.3 Å². The van der Waals surface area contributed by atoms with Crippen molar-refractivity contribution < 1.29 is 4.74 Å². The Morgan fingerprint density at radius 2 is 2.24 bits per heavy atom. The maximum absolute atomic E-state index is 5.47. The first kappa shape index (κ1) is 13.8. The number of rotatable bonds is 4. The molecule has 2 aromatic rings. The van der Waals surface area contributed by atoms with E-state index in [9.17, 15) is 0 Å². The minimum Gasteiger partial charge on any atom is -0.478 e. The molecule has 3 rings (SSSR count). The first-order valence-electron chi connectivity index (χ1n) is 7.23. The average molecular weight is 284 g/mol. The highest BCUT2D eigenvalue weighted by molar-refractivity contribution is 5.49. The van der Waals surface area contributed by atoms with Crippen LogP contribution in [0.3, 0.4) is 0 Å². The summed E-state index contributed by atoms with van der Waals surface area (Å²) in [4.78, 5) is 15.1. The van der Waals surface area contributed by atoms with Gasteiger partial charge in [-0.3, -0.25) is 4.98 Å². The molecule has 0 bridgehead atoms. The summed E-state index contributed by atoms with van der Waals surface area (Å²) in [6.07, 6.45) is 5.30. The predicted octanol–water partition coefficient (Wildman–Crippen LogP) is 2.86. The van der Waals surface area contributed by atoms with Gasteiger partial charge in [0.15, 0.2) is 0 Å². The zero-order valence-electron chi connectivity index (χ0n) is 12.7. The number of nitrogens with zero attached hydrogens (tertiary/aromatic N) is 4. The number of pyridine rings is 1. The summed E-state index contributed by atoms with van der Waals surface area (Å²) in [5, 5.41) is 0. The number of anilines is 1. The van der Waals surface area contributed by atoms with E-state index in [1.165, 1.54) is 5.56 Å². The molecule has 3 heterocycles. The molecular weight excluding hydrogens is 264 g/mol. The molecule has 0 saturated carbocycles. The van der Waals surface area contributed by atoms with E-state index >= 15 is 0 Å². The van der Waals surface area contributed by atoms with Gasteiger partial charge < -0.3 is 9.64 Å². The zero-order chi connectivity index (χ0) is 14.9. The van der Waals surface area contributed by atoms with Gasteiger partial charge in [-0.15, -0.1) is 0 Å². The summed E-state index contributed by atoms with van der Waals surface area (Å²) in [6.45, 7) is 8.05. The molecule has 1 unspecified atom stereocenters. The second-order valence-electron chi connectivity index (χ2n) is 5.95. The van der Waals surface area contributed by atoms with Gasteiger partial charge in [-0.25, -0.2) is 9.97 Å². The van der Waals surface area contributed by atoms with Gasteiger partial charge in [0.05, 0.1) is 12.6 Å². The van der Waals surface area contributed by atoms with E-state index in [4.69, 9.17) is 4.74 Å². The van der Waals surface area contributed by atoms with E-state index in [0.29, 0.717) is 12.5 Å². The molecular formula is C16H20N4O. The third-order valence-corrected chi connectivity index (χ3v) is 3.84. The van der Waals surface area contributed by atoms with Gasteiger partial charge in [0.25, 0.3) is 0 Å². The molecule has 1 aliphatic rings. The predicted molar refractivity (Wildman–Crippen MR) is 81.3 cm³/mol. The second kappa shape index (κ2) is 5.31. The summed E-state index contributed by atoms with van der Waals surface area (Å²) < 4.78 is 5.47. The molecule has 1 fully saturated rings. The molecule has 0 aliphatic carbocycles. The van der Waals surface area contributed by atoms with Crippen LogP contribution >= 0.6 is 0 Å². The molecule has 0 N–H and O–H groups in total. The Bertz CT molecular complexity index is 615. The van der Waals surface area contributed by atoms with Crippen molar-refractivity contribution in [2.45, 2.75) is 26.8 Å². The van der Waals surface area contributed by atoms with Crippen molar-refractivity contribution in [2.75, 3.05) is 18.1 Å². The van der Waals surface area contributed by atoms with Crippen LogP contribution in [0.25, 0.3) is 0 Å². The van der Waals surface area contributed by atoms with Gasteiger partial charge in [0, 0.05) is 30.4 Å². The molecule has 21 heavy (non-hydrogen) atoms. The van der Waals surface area contributed by atoms with Gasteiger partial charge in [-0.1, -0.05) is 19.9 Å². The number of hydrogen-bond acceptors (Lipinski definition) is 5. The van der Waals surface area contributed by atoms with E-state index < -0.39 is 0 Å². The maximum Gasteiger partial charge on any atom is 0.218 e. The number of hydrogen-bond donors (Lipinski definition) is 0. The van der Waals surface area contributed by atoms with Gasteiger partial charge >= 0.3 is 0 Å². The lowest BCUT2D eigenvalue weighted by Gasteiger charge is -2.55. The van der Waals surface area contributed by atoms with Crippen LogP contribution in [-0.2, 0) is 0 Å². The van der Waals surface area contributed by atoms with Crippen molar-refractivity contribution >= 4 is 5.82 Å². The van der Waals surface area contributed by atoms with Crippen LogP contribution < -0.4 is 9.64 Å². The van der Waals surface area contributed by atoms with Crippen molar-refractivity contribution in [3.8, 4) is 5.88 Å². The minimum atomic E-state index is 0.194. The van der Waals surface area contributed by atoms with Crippen molar-refractivity contribution in [3.63, 3.8) is 0 Å². The fourth-order valence-corrected chi connectivity index (χ4v) is 3.02. The normalized spacial score (nSPS) is 20.0. The quantitative estimate of drug-likeness (QED) is 0.864. The van der Waals surface area contributed by atoms with E-state index in [-0.39, 0.29) is 11.5 Å². The van der Waals surface area contributed by atoms with Gasteiger partial charge in [-0.2, -0.15) is 0 Å². The summed E-state index contributed by atoms with van der Waals surface area (Å²) in [5.74, 6) is 1.53. The monoisotopic (exact) mass is 284 g/mol. The number of aromatic nitrogens is 3. The Kier molecular flexibility index (Phi) is 3.49. The molecule has 1 saturated heterocycles. The lowest BCUT2D eigenvalue weighted by Crippen LogP contribution is -2.56. The minimum absolute atomic E-state index is 0.194. The lowest BCUT2D eigenvalue weighted by atomic mass is 9.72. The molecule has 0 radical (unpaired) electrons. The summed E-state index contributed by atoms with van der Waals surface area (Å²) in [5.41, 5.74) is 1.41. The Morgan fingerprint density at radius 3 is 2.90 bits per heavy atom. The molecule has 2 aromatic heterocycles. The van der Waals surface area contributed by atoms with Crippen molar-refractivity contribution in [1.82, 2.24) is 15.0 Å². The fraction of sp³-hybridized carbons (Fsp3) is 0.438. The maximum atomic E-state index is 5.47. The summed E-state index contributed by atoms with van der Waals surface area (Å²) >= 11 is 0. The Labute approximate surface area is 125 Å². The van der Waals surface area contributed by atoms with Crippen LogP contribution in [0.2, 0.25) is 0 Å². The van der Waals surface area contributed by atoms with Crippen molar-refractivity contribution in [3.05, 3.63) is 42.5 Å². The Balaban J connectivity index is 1.90. The lowest BCUT2D eigenvalue weighted by molar-refractivity contribution is 0.178. The first-order chi connectivity index (χ1) is 10.1. The SMILES string of the molecule is CCOc1cc(N2CC(C)(C)C2c2cccnc2)ncn1. The van der Waals surface area contributed by atoms with Crippen LogP contribution in [0.4, 0.5) is 5.82 Å². The van der Waals surface area contributed by atoms with E-state index in [0.717, 1.165) is 12.4 Å². The average Bonchev–Trinajstić information content (AvgIpc) is 2.47. The van der Waals surface area contributed by atoms with Crippen LogP contribution in [0, 0.1) is 5.41 Å². The smallest absolute Gasteiger partial charge is 0.218 e. The molecule has 5 heteroatoms. The highest BCUT2D eigenvalue weighted by atomic mass is 16.5. The highest BCUT2D eigenvalue weighted by Crippen LogP contribution is 2.49. The molecule has 0 aromatic carbocycles. The molecule has 0 amide bonds. The van der Waals surface area contributed by atoms with Gasteiger partial charge in [0.2, 0.25) is 5.88 Å². The van der Waals surface area contributed by atoms with Crippen LogP contribution in [0.5, 0.6) is 5.88 Å².